The largest absolute Gasteiger partial charge is 0.462 e. The van der Waals surface area contributed by atoms with E-state index in [4.69, 9.17) is 37.9 Å². The van der Waals surface area contributed by atoms with Gasteiger partial charge in [0.2, 0.25) is 0 Å². The van der Waals surface area contributed by atoms with Crippen LogP contribution in [-0.2, 0) is 76.3 Å². The molecule has 0 aromatic carbocycles. The van der Waals surface area contributed by atoms with E-state index >= 15 is 0 Å². The Labute approximate surface area is 847 Å². The Bertz CT molecular complexity index is 3830. The van der Waals surface area contributed by atoms with Crippen molar-refractivity contribution in [3.05, 3.63) is 0 Å². The summed E-state index contributed by atoms with van der Waals surface area (Å²) < 4.78 is 44.8. The van der Waals surface area contributed by atoms with Crippen LogP contribution in [0.5, 0.6) is 0 Å². The van der Waals surface area contributed by atoms with Crippen molar-refractivity contribution in [2.75, 3.05) is 0 Å². The fourth-order valence-electron chi connectivity index (χ4n) is 24.5. The minimum Gasteiger partial charge on any atom is -0.462 e. The summed E-state index contributed by atoms with van der Waals surface area (Å²) >= 11 is 0. The number of carbonyl (C=O) groups is 8. The average Bonchev–Trinajstić information content (AvgIpc) is 0.796. The Balaban J connectivity index is 0.000000246. The third kappa shape index (κ3) is 30.9. The maximum Gasteiger partial charge on any atom is 0.309 e. The predicted octanol–water partition coefficient (Wildman–Crippen LogP) is 22.7. The maximum atomic E-state index is 12.2. The zero-order valence-electron chi connectivity index (χ0n) is 94.0. The number of ether oxygens (including phenoxy) is 8. The minimum atomic E-state index is -0.879. The summed E-state index contributed by atoms with van der Waals surface area (Å²) in [4.78, 5) is 94.5. The van der Waals surface area contributed by atoms with Crippen LogP contribution in [0.2, 0.25) is 0 Å². The summed E-state index contributed by atoms with van der Waals surface area (Å²) in [5, 5.41) is 84.3. The molecule has 24 heteroatoms. The molecular formula is C116H206O24. The molecule has 8 N–H and O–H groups in total. The third-order valence-electron chi connectivity index (χ3n) is 37.9. The van der Waals surface area contributed by atoms with Crippen LogP contribution in [-0.4, -0.2) is 181 Å². The molecule has 20 atom stereocenters. The second kappa shape index (κ2) is 51.6. The monoisotopic (exact) mass is 1980 g/mol. The Morgan fingerprint density at radius 3 is 0.979 bits per heavy atom. The first-order chi connectivity index (χ1) is 64.8. The van der Waals surface area contributed by atoms with Crippen LogP contribution in [0.15, 0.2) is 0 Å². The van der Waals surface area contributed by atoms with Crippen molar-refractivity contribution in [2.24, 2.45) is 129 Å². The molecule has 15 aliphatic rings. The van der Waals surface area contributed by atoms with Gasteiger partial charge in [-0.3, -0.25) is 38.4 Å². The summed E-state index contributed by atoms with van der Waals surface area (Å²) in [5.74, 6) is 3.20. The normalized spacial score (nSPS) is 37.3. The molecule has 0 spiro atoms. The fraction of sp³-hybridized carbons (Fsp3) is 0.931. The smallest absolute Gasteiger partial charge is 0.309 e. The molecule has 0 saturated heterocycles. The molecule has 15 aliphatic carbocycles. The van der Waals surface area contributed by atoms with Crippen molar-refractivity contribution >= 4 is 47.8 Å². The number of rotatable bonds is 29. The molecule has 10 bridgehead atoms. The molecule has 0 radical (unpaired) electrons. The molecule has 814 valence electrons. The van der Waals surface area contributed by atoms with Gasteiger partial charge in [0.15, 0.2) is 0 Å². The van der Waals surface area contributed by atoms with E-state index in [0.717, 1.165) is 231 Å². The molecule has 15 saturated carbocycles. The van der Waals surface area contributed by atoms with Crippen LogP contribution in [0.3, 0.4) is 0 Å². The molecule has 0 aromatic heterocycles. The number of hydrogen-bond donors (Lipinski definition) is 8. The molecule has 20 unspecified atom stereocenters. The quantitative estimate of drug-likeness (QED) is 0.0255. The lowest BCUT2D eigenvalue weighted by Crippen LogP contribution is -2.64. The summed E-state index contributed by atoms with van der Waals surface area (Å²) in [6, 6.07) is 0. The highest BCUT2D eigenvalue weighted by Crippen LogP contribution is 2.64. The first-order valence-electron chi connectivity index (χ1n) is 56.2. The van der Waals surface area contributed by atoms with Crippen molar-refractivity contribution < 1.29 is 117 Å². The van der Waals surface area contributed by atoms with E-state index in [0.29, 0.717) is 66.1 Å². The number of esters is 8. The molecule has 15 fully saturated rings. The van der Waals surface area contributed by atoms with Gasteiger partial charge in [0, 0.05) is 12.8 Å². The van der Waals surface area contributed by atoms with E-state index in [-0.39, 0.29) is 172 Å². The van der Waals surface area contributed by atoms with Gasteiger partial charge in [-0.2, -0.15) is 0 Å². The van der Waals surface area contributed by atoms with Gasteiger partial charge in [-0.25, -0.2) is 0 Å². The van der Waals surface area contributed by atoms with E-state index in [2.05, 4.69) is 41.5 Å². The lowest BCUT2D eigenvalue weighted by Gasteiger charge is -2.62. The first-order valence-corrected chi connectivity index (χ1v) is 56.2. The van der Waals surface area contributed by atoms with Crippen molar-refractivity contribution in [3.63, 3.8) is 0 Å². The van der Waals surface area contributed by atoms with Gasteiger partial charge in [0.05, 0.1) is 80.9 Å². The van der Waals surface area contributed by atoms with Crippen molar-refractivity contribution in [1.29, 1.82) is 0 Å². The van der Waals surface area contributed by atoms with Gasteiger partial charge < -0.3 is 78.7 Å². The number of hydrogen-bond acceptors (Lipinski definition) is 24. The van der Waals surface area contributed by atoms with E-state index in [1.807, 2.05) is 180 Å². The fourth-order valence-corrected chi connectivity index (χ4v) is 24.5. The Morgan fingerprint density at radius 1 is 0.307 bits per heavy atom. The second-order valence-electron chi connectivity index (χ2n) is 50.7. The van der Waals surface area contributed by atoms with Gasteiger partial charge in [-0.15, -0.1) is 0 Å². The Morgan fingerprint density at radius 2 is 0.636 bits per heavy atom. The van der Waals surface area contributed by atoms with Crippen molar-refractivity contribution in [2.45, 2.75) is 558 Å². The highest BCUT2D eigenvalue weighted by Gasteiger charge is 2.65. The van der Waals surface area contributed by atoms with Crippen LogP contribution in [0, 0.1) is 129 Å². The van der Waals surface area contributed by atoms with E-state index < -0.39 is 44.8 Å². The summed E-state index contributed by atoms with van der Waals surface area (Å²) in [7, 11) is 0. The molecule has 24 nitrogen and oxygen atoms in total. The highest BCUT2D eigenvalue weighted by molar-refractivity contribution is 5.75. The predicted molar refractivity (Wildman–Crippen MR) is 548 cm³/mol. The third-order valence-corrected chi connectivity index (χ3v) is 37.9. The summed E-state index contributed by atoms with van der Waals surface area (Å²) in [6.45, 7) is 63.7. The van der Waals surface area contributed by atoms with Gasteiger partial charge in [0.1, 0.15) is 59.0 Å². The lowest BCUT2D eigenvalue weighted by atomic mass is 9.47. The van der Waals surface area contributed by atoms with Crippen LogP contribution in [0.25, 0.3) is 0 Å². The van der Waals surface area contributed by atoms with Crippen LogP contribution in [0.1, 0.15) is 466 Å². The molecule has 0 aliphatic heterocycles. The highest BCUT2D eigenvalue weighted by atomic mass is 16.6. The Kier molecular flexibility index (Phi) is 45.7. The standard InChI is InChI=1S/C17H28O3.C16H26O3.C15H26O3.C15H28O3.2C14H26O3.C13H24O3.C12H22O3/c1-4-11(3)15(18)20-16-8-12-6-13(9-16)17(19,5-2)14(7-12)10-16;1-4-10(2)14(17)19-16-7-11-5-12(8-16)15(3,18)13(6-11)9-16;1-5-10(4)14(16)18-13-7-12-6-11(13)8-15(12,17)9(2)3;1-6-11(2)13(16)18-12-7-9-15(17,10-8-12)14(3,4)5;1-6-10(2)12(15)17-11-8-7-9-14(11,16)13(3,4)5;1-5-11(4)13(15)17-12-6-8-14(16,9-7-12)10(2)3;1-5-10(4)12(14)16-11-7-6-8-13(11,15)9(2)3;1-5-9(4)11(13)15-10-6-12(14,7-10)8(2)3/h11-14,19H,4-10H2,1-3H3;10-13,18H,4-9H2,1-3H3;9-13,17H,5-8H2,1-4H3;11-12,17H,6-10H2,1-5H3;10-11,16H,6-9H2,1-5H3;10-12,16H,5-9H2,1-4H3;9-11,15H,5-8H2,1-4H3;8-10,14H,5-7H2,1-4H3. The molecule has 0 aromatic rings. The van der Waals surface area contributed by atoms with E-state index in [1.165, 1.54) is 0 Å². The van der Waals surface area contributed by atoms with Gasteiger partial charge >= 0.3 is 47.8 Å². The lowest BCUT2D eigenvalue weighted by molar-refractivity contribution is -0.241. The average molecular weight is 1980 g/mol. The number of fused-ring (bicyclic) bond motifs is 2. The van der Waals surface area contributed by atoms with Gasteiger partial charge in [-0.05, 0) is 320 Å². The Hall–Kier alpha value is -4.56. The van der Waals surface area contributed by atoms with E-state index in [1.54, 1.807) is 0 Å². The summed E-state index contributed by atoms with van der Waals surface area (Å²) in [5.41, 5.74) is -5.91. The molecular weight excluding hydrogens is 1780 g/mol. The number of carbonyl (C=O) groups excluding carboxylic acids is 8. The van der Waals surface area contributed by atoms with Gasteiger partial charge in [0.25, 0.3) is 0 Å². The van der Waals surface area contributed by atoms with Crippen LogP contribution < -0.4 is 0 Å². The summed E-state index contributed by atoms with van der Waals surface area (Å²) in [6.07, 6.45) is 31.5. The SMILES string of the molecule is CCC(C)C(=O)OC12CC3CC(C1)C(C)(O)C(C3)C2.CCC(C)C(=O)OC12CC3CC(C1)C(O)(CC)C(C3)C2.CCC(C)C(=O)OC1CC(O)(C(C)C)C1.CCC(C)C(=O)OC1CC2CC1CC2(O)C(C)C.CCC(C)C(=O)OC1CCC(O)(C(C)(C)C)CC1.CCC(C)C(=O)OC1CCC(O)(C(C)C)CC1.CCC(C)C(=O)OC1CCCC1(O)C(C)(C)C.CCC(C)C(=O)OC1CCCC1(O)C(C)C. The van der Waals surface area contributed by atoms with Gasteiger partial charge in [-0.1, -0.05) is 215 Å². The van der Waals surface area contributed by atoms with Crippen LogP contribution in [0.4, 0.5) is 0 Å². The van der Waals surface area contributed by atoms with E-state index in [9.17, 15) is 79.2 Å². The molecule has 140 heavy (non-hydrogen) atoms. The minimum absolute atomic E-state index is 0.00544. The van der Waals surface area contributed by atoms with Crippen LogP contribution >= 0.6 is 0 Å². The number of aliphatic hydroxyl groups is 8. The molecule has 0 heterocycles. The van der Waals surface area contributed by atoms with Crippen molar-refractivity contribution in [1.82, 2.24) is 0 Å². The van der Waals surface area contributed by atoms with Crippen molar-refractivity contribution in [3.8, 4) is 0 Å². The second-order valence-corrected chi connectivity index (χ2v) is 50.7. The zero-order valence-corrected chi connectivity index (χ0v) is 94.0. The molecule has 0 amide bonds. The first kappa shape index (κ1) is 124. The molecule has 15 rings (SSSR count). The maximum absolute atomic E-state index is 12.2. The zero-order chi connectivity index (χ0) is 106. The topological polar surface area (TPSA) is 372 Å².